The summed E-state index contributed by atoms with van der Waals surface area (Å²) in [5.41, 5.74) is 0.306. The topological polar surface area (TPSA) is 108 Å². The van der Waals surface area contributed by atoms with Gasteiger partial charge in [0, 0.05) is 13.1 Å². The number of aromatic nitrogens is 3. The second-order valence-electron chi connectivity index (χ2n) is 5.64. The van der Waals surface area contributed by atoms with Gasteiger partial charge >= 0.3 is 11.9 Å². The molecule has 2 aromatic rings. The van der Waals surface area contributed by atoms with E-state index in [4.69, 9.17) is 14.0 Å². The summed E-state index contributed by atoms with van der Waals surface area (Å²) in [7, 11) is 0. The van der Waals surface area contributed by atoms with Gasteiger partial charge in [0.1, 0.15) is 17.5 Å². The van der Waals surface area contributed by atoms with Crippen molar-refractivity contribution in [2.75, 3.05) is 31.2 Å². The second kappa shape index (κ2) is 7.45. The first-order chi connectivity index (χ1) is 12.2. The van der Waals surface area contributed by atoms with Crippen LogP contribution in [0.5, 0.6) is 0 Å². The molecule has 0 spiro atoms. The SMILES string of the molecule is CCOC(=O)c1noc2ncnc(N3CCC(C(=O)OCC)CC3)c12. The third-order valence-corrected chi connectivity index (χ3v) is 4.14. The van der Waals surface area contributed by atoms with E-state index in [0.717, 1.165) is 0 Å². The van der Waals surface area contributed by atoms with Crippen LogP contribution < -0.4 is 4.90 Å². The third kappa shape index (κ3) is 3.40. The lowest BCUT2D eigenvalue weighted by molar-refractivity contribution is -0.148. The fourth-order valence-electron chi connectivity index (χ4n) is 2.94. The van der Waals surface area contributed by atoms with Gasteiger partial charge in [-0.15, -0.1) is 0 Å². The van der Waals surface area contributed by atoms with Gasteiger partial charge in [-0.05, 0) is 26.7 Å². The molecule has 9 nitrogen and oxygen atoms in total. The lowest BCUT2D eigenvalue weighted by atomic mass is 9.97. The monoisotopic (exact) mass is 348 g/mol. The Hall–Kier alpha value is -2.71. The first kappa shape index (κ1) is 17.1. The lowest BCUT2D eigenvalue weighted by Crippen LogP contribution is -2.37. The van der Waals surface area contributed by atoms with Crippen molar-refractivity contribution in [2.24, 2.45) is 5.92 Å². The highest BCUT2D eigenvalue weighted by Crippen LogP contribution is 2.30. The number of carbonyl (C=O) groups is 2. The van der Waals surface area contributed by atoms with Crippen LogP contribution in [0.4, 0.5) is 5.82 Å². The van der Waals surface area contributed by atoms with Crippen molar-refractivity contribution in [2.45, 2.75) is 26.7 Å². The molecule has 0 unspecified atom stereocenters. The summed E-state index contributed by atoms with van der Waals surface area (Å²) in [5.74, 6) is -0.275. The number of ether oxygens (including phenoxy) is 2. The summed E-state index contributed by atoms with van der Waals surface area (Å²) in [6, 6.07) is 0. The smallest absolute Gasteiger partial charge is 0.361 e. The van der Waals surface area contributed by atoms with Crippen LogP contribution in [0, 0.1) is 5.92 Å². The predicted molar refractivity (Wildman–Crippen MR) is 87.1 cm³/mol. The Morgan fingerprint density at radius 1 is 1.20 bits per heavy atom. The van der Waals surface area contributed by atoms with Crippen LogP contribution >= 0.6 is 0 Å². The summed E-state index contributed by atoms with van der Waals surface area (Å²) < 4.78 is 15.2. The molecule has 1 fully saturated rings. The maximum Gasteiger partial charge on any atom is 0.361 e. The van der Waals surface area contributed by atoms with Gasteiger partial charge in [-0.25, -0.2) is 9.78 Å². The molecule has 0 bridgehead atoms. The Labute approximate surface area is 144 Å². The van der Waals surface area contributed by atoms with Gasteiger partial charge in [0.25, 0.3) is 5.71 Å². The maximum atomic E-state index is 12.1. The van der Waals surface area contributed by atoms with Crippen LogP contribution in [-0.4, -0.2) is 53.4 Å². The van der Waals surface area contributed by atoms with E-state index >= 15 is 0 Å². The van der Waals surface area contributed by atoms with Gasteiger partial charge in [-0.3, -0.25) is 4.79 Å². The molecule has 2 aromatic heterocycles. The second-order valence-corrected chi connectivity index (χ2v) is 5.64. The standard InChI is InChI=1S/C16H20N4O5/c1-3-23-15(21)10-5-7-20(8-6-10)13-11-12(16(22)24-4-2)19-25-14(11)18-9-17-13/h9-10H,3-8H2,1-2H3. The normalized spacial score (nSPS) is 15.4. The summed E-state index contributed by atoms with van der Waals surface area (Å²) >= 11 is 0. The van der Waals surface area contributed by atoms with E-state index in [2.05, 4.69) is 15.1 Å². The van der Waals surface area contributed by atoms with Gasteiger partial charge in [-0.1, -0.05) is 5.16 Å². The van der Waals surface area contributed by atoms with E-state index in [9.17, 15) is 9.59 Å². The van der Waals surface area contributed by atoms with Crippen LogP contribution in [0.15, 0.2) is 10.9 Å². The minimum absolute atomic E-state index is 0.0694. The number of hydrogen-bond acceptors (Lipinski definition) is 9. The molecule has 0 aliphatic carbocycles. The van der Waals surface area contributed by atoms with Crippen molar-refractivity contribution in [3.63, 3.8) is 0 Å². The van der Waals surface area contributed by atoms with Crippen molar-refractivity contribution in [1.29, 1.82) is 0 Å². The highest BCUT2D eigenvalue weighted by atomic mass is 16.5. The molecule has 3 rings (SSSR count). The first-order valence-electron chi connectivity index (χ1n) is 8.34. The zero-order chi connectivity index (χ0) is 17.8. The Morgan fingerprint density at radius 2 is 1.92 bits per heavy atom. The highest BCUT2D eigenvalue weighted by Gasteiger charge is 2.30. The molecule has 0 N–H and O–H groups in total. The van der Waals surface area contributed by atoms with Crippen molar-refractivity contribution < 1.29 is 23.6 Å². The number of piperidine rings is 1. The number of esters is 2. The Balaban J connectivity index is 1.83. The van der Waals surface area contributed by atoms with Crippen LogP contribution in [0.1, 0.15) is 37.2 Å². The fraction of sp³-hybridized carbons (Fsp3) is 0.562. The molecule has 134 valence electrons. The maximum absolute atomic E-state index is 12.1. The molecule has 9 heteroatoms. The van der Waals surface area contributed by atoms with E-state index in [1.54, 1.807) is 13.8 Å². The molecule has 0 saturated carbocycles. The van der Waals surface area contributed by atoms with Crippen LogP contribution in [-0.2, 0) is 14.3 Å². The number of hydrogen-bond donors (Lipinski definition) is 0. The predicted octanol–water partition coefficient (Wildman–Crippen LogP) is 1.57. The number of rotatable bonds is 5. The minimum atomic E-state index is -0.571. The molecule has 3 heterocycles. The Kier molecular flexibility index (Phi) is 5.11. The molecule has 0 aromatic carbocycles. The molecule has 1 aliphatic rings. The molecule has 0 radical (unpaired) electrons. The van der Waals surface area contributed by atoms with Crippen LogP contribution in [0.3, 0.4) is 0 Å². The largest absolute Gasteiger partial charge is 0.466 e. The average molecular weight is 348 g/mol. The van der Waals surface area contributed by atoms with Crippen molar-refractivity contribution in [3.8, 4) is 0 Å². The number of nitrogens with zero attached hydrogens (tertiary/aromatic N) is 4. The minimum Gasteiger partial charge on any atom is -0.466 e. The van der Waals surface area contributed by atoms with E-state index in [1.807, 2.05) is 4.90 Å². The van der Waals surface area contributed by atoms with E-state index in [0.29, 0.717) is 43.7 Å². The lowest BCUT2D eigenvalue weighted by Gasteiger charge is -2.31. The molecular formula is C16H20N4O5. The molecule has 1 aliphatic heterocycles. The molecular weight excluding hydrogens is 328 g/mol. The summed E-state index contributed by atoms with van der Waals surface area (Å²) in [6.45, 7) is 5.37. The van der Waals surface area contributed by atoms with Crippen LogP contribution in [0.25, 0.3) is 11.1 Å². The molecule has 1 saturated heterocycles. The Bertz CT molecular complexity index is 767. The molecule has 0 atom stereocenters. The van der Waals surface area contributed by atoms with Gasteiger partial charge in [0.15, 0.2) is 0 Å². The van der Waals surface area contributed by atoms with Crippen molar-refractivity contribution in [1.82, 2.24) is 15.1 Å². The van der Waals surface area contributed by atoms with Crippen molar-refractivity contribution >= 4 is 28.9 Å². The van der Waals surface area contributed by atoms with E-state index in [1.165, 1.54) is 6.33 Å². The van der Waals surface area contributed by atoms with E-state index < -0.39 is 5.97 Å². The summed E-state index contributed by atoms with van der Waals surface area (Å²) in [6.07, 6.45) is 2.68. The zero-order valence-corrected chi connectivity index (χ0v) is 14.2. The number of carbonyl (C=O) groups excluding carboxylic acids is 2. The van der Waals surface area contributed by atoms with Gasteiger partial charge in [0.2, 0.25) is 5.69 Å². The Morgan fingerprint density at radius 3 is 2.60 bits per heavy atom. The first-order valence-corrected chi connectivity index (χ1v) is 8.34. The van der Waals surface area contributed by atoms with Gasteiger partial charge in [0.05, 0.1) is 19.1 Å². The molecule has 0 amide bonds. The summed E-state index contributed by atoms with van der Waals surface area (Å²) in [5, 5.41) is 4.22. The zero-order valence-electron chi connectivity index (χ0n) is 14.2. The quantitative estimate of drug-likeness (QED) is 0.744. The average Bonchev–Trinajstić information content (AvgIpc) is 3.06. The van der Waals surface area contributed by atoms with Gasteiger partial charge < -0.3 is 18.9 Å². The number of anilines is 1. The van der Waals surface area contributed by atoms with E-state index in [-0.39, 0.29) is 29.9 Å². The highest BCUT2D eigenvalue weighted by molar-refractivity contribution is 6.04. The van der Waals surface area contributed by atoms with Crippen LogP contribution in [0.2, 0.25) is 0 Å². The third-order valence-electron chi connectivity index (χ3n) is 4.14. The summed E-state index contributed by atoms with van der Waals surface area (Å²) in [4.78, 5) is 34.3. The van der Waals surface area contributed by atoms with Gasteiger partial charge in [-0.2, -0.15) is 4.98 Å². The fourth-order valence-corrected chi connectivity index (χ4v) is 2.94. The van der Waals surface area contributed by atoms with Crippen molar-refractivity contribution in [3.05, 3.63) is 12.0 Å². The molecule has 25 heavy (non-hydrogen) atoms. The number of fused-ring (bicyclic) bond motifs is 1.